The van der Waals surface area contributed by atoms with Gasteiger partial charge in [-0.3, -0.25) is 14.7 Å². The summed E-state index contributed by atoms with van der Waals surface area (Å²) in [6, 6.07) is 0. The number of methoxy groups -OCH3 is 1. The number of ether oxygens (including phenoxy) is 1. The number of aromatic nitrogens is 2. The second-order valence-electron chi connectivity index (χ2n) is 2.54. The van der Waals surface area contributed by atoms with Gasteiger partial charge >= 0.3 is 0 Å². The van der Waals surface area contributed by atoms with Gasteiger partial charge in [0.1, 0.15) is 0 Å². The Balaban J connectivity index is 2.84. The predicted octanol–water partition coefficient (Wildman–Crippen LogP) is -0.387. The van der Waals surface area contributed by atoms with Crippen LogP contribution in [-0.2, 0) is 16.6 Å². The van der Waals surface area contributed by atoms with E-state index < -0.39 is 12.0 Å². The molecule has 0 aliphatic rings. The highest BCUT2D eigenvalue weighted by Crippen LogP contribution is 2.14. The van der Waals surface area contributed by atoms with Crippen LogP contribution in [0.5, 0.6) is 0 Å². The third-order valence-electron chi connectivity index (χ3n) is 1.61. The maximum Gasteiger partial charge on any atom is 0.277 e. The van der Waals surface area contributed by atoms with Gasteiger partial charge in [-0.25, -0.2) is 5.48 Å². The molecule has 6 nitrogen and oxygen atoms in total. The van der Waals surface area contributed by atoms with Crippen LogP contribution in [0.25, 0.3) is 0 Å². The summed E-state index contributed by atoms with van der Waals surface area (Å²) in [5.74, 6) is -0.615. The third kappa shape index (κ3) is 2.04. The molecule has 1 unspecified atom stereocenters. The van der Waals surface area contributed by atoms with Crippen molar-refractivity contribution in [2.24, 2.45) is 7.05 Å². The van der Waals surface area contributed by atoms with Crippen molar-refractivity contribution in [1.82, 2.24) is 15.3 Å². The second-order valence-corrected chi connectivity index (χ2v) is 2.54. The van der Waals surface area contributed by atoms with Crippen molar-refractivity contribution in [3.63, 3.8) is 0 Å². The number of carbonyl (C=O) groups excluding carboxylic acids is 1. The van der Waals surface area contributed by atoms with E-state index in [0.717, 1.165) is 0 Å². The Kier molecular flexibility index (Phi) is 2.99. The van der Waals surface area contributed by atoms with Crippen LogP contribution in [0.2, 0.25) is 0 Å². The highest BCUT2D eigenvalue weighted by molar-refractivity contribution is 5.80. The summed E-state index contributed by atoms with van der Waals surface area (Å²) in [7, 11) is 3.11. The molecule has 0 radical (unpaired) electrons. The van der Waals surface area contributed by atoms with E-state index in [1.165, 1.54) is 18.8 Å². The minimum Gasteiger partial charge on any atom is -0.367 e. The maximum atomic E-state index is 11.0. The van der Waals surface area contributed by atoms with E-state index >= 15 is 0 Å². The molecule has 1 amide bonds. The van der Waals surface area contributed by atoms with E-state index in [4.69, 9.17) is 9.94 Å². The molecule has 0 saturated carbocycles. The summed E-state index contributed by atoms with van der Waals surface area (Å²) < 4.78 is 6.42. The monoisotopic (exact) mass is 185 g/mol. The van der Waals surface area contributed by atoms with Gasteiger partial charge in [-0.05, 0) is 0 Å². The lowest BCUT2D eigenvalue weighted by molar-refractivity contribution is -0.140. The summed E-state index contributed by atoms with van der Waals surface area (Å²) in [5.41, 5.74) is 2.12. The predicted molar refractivity (Wildman–Crippen MR) is 42.9 cm³/mol. The van der Waals surface area contributed by atoms with E-state index in [2.05, 4.69) is 5.10 Å². The minimum absolute atomic E-state index is 0.594. The summed E-state index contributed by atoms with van der Waals surface area (Å²) in [4.78, 5) is 11.0. The number of rotatable bonds is 3. The van der Waals surface area contributed by atoms with Crippen LogP contribution in [0, 0.1) is 0 Å². The fraction of sp³-hybridized carbons (Fsp3) is 0.429. The average Bonchev–Trinajstić information content (AvgIpc) is 2.53. The van der Waals surface area contributed by atoms with E-state index in [9.17, 15) is 4.79 Å². The van der Waals surface area contributed by atoms with E-state index in [-0.39, 0.29) is 0 Å². The van der Waals surface area contributed by atoms with Gasteiger partial charge in [0, 0.05) is 25.9 Å². The smallest absolute Gasteiger partial charge is 0.277 e. The molecule has 2 N–H and O–H groups in total. The molecular formula is C7H11N3O3. The number of nitrogens with one attached hydrogen (secondary N) is 1. The van der Waals surface area contributed by atoms with Crippen molar-refractivity contribution in [2.45, 2.75) is 6.10 Å². The summed E-state index contributed by atoms with van der Waals surface area (Å²) in [6.45, 7) is 0. The normalized spacial score (nSPS) is 12.5. The Labute approximate surface area is 75.1 Å². The lowest BCUT2D eigenvalue weighted by atomic mass is 10.2. The molecule has 1 rings (SSSR count). The van der Waals surface area contributed by atoms with Crippen molar-refractivity contribution < 1.29 is 14.7 Å². The summed E-state index contributed by atoms with van der Waals surface area (Å²) in [5, 5.41) is 12.3. The Bertz CT molecular complexity index is 297. The number of nitrogens with zero attached hydrogens (tertiary/aromatic N) is 2. The molecule has 0 aliphatic heterocycles. The van der Waals surface area contributed by atoms with Gasteiger partial charge in [-0.2, -0.15) is 5.10 Å². The van der Waals surface area contributed by atoms with Crippen LogP contribution in [-0.4, -0.2) is 28.0 Å². The van der Waals surface area contributed by atoms with Crippen LogP contribution >= 0.6 is 0 Å². The van der Waals surface area contributed by atoms with Gasteiger partial charge in [-0.1, -0.05) is 0 Å². The molecule has 1 atom stereocenters. The van der Waals surface area contributed by atoms with Crippen LogP contribution in [0.3, 0.4) is 0 Å². The van der Waals surface area contributed by atoms with Gasteiger partial charge in [0.05, 0.1) is 6.20 Å². The van der Waals surface area contributed by atoms with Gasteiger partial charge in [0.15, 0.2) is 6.10 Å². The first kappa shape index (κ1) is 9.69. The molecule has 1 aromatic rings. The molecule has 0 bridgehead atoms. The molecule has 0 aromatic carbocycles. The first-order valence-electron chi connectivity index (χ1n) is 3.64. The van der Waals surface area contributed by atoms with Crippen molar-refractivity contribution >= 4 is 5.91 Å². The standard InChI is InChI=1S/C7H11N3O3/c1-10-4-5(3-8-10)6(13-2)7(11)9-12/h3-4,6,12H,1-2H3,(H,9,11). The van der Waals surface area contributed by atoms with Crippen LogP contribution < -0.4 is 5.48 Å². The highest BCUT2D eigenvalue weighted by Gasteiger charge is 2.20. The van der Waals surface area contributed by atoms with E-state index in [1.54, 1.807) is 17.9 Å². The largest absolute Gasteiger partial charge is 0.367 e. The zero-order valence-corrected chi connectivity index (χ0v) is 7.39. The zero-order chi connectivity index (χ0) is 9.84. The molecule has 0 fully saturated rings. The molecule has 1 heterocycles. The molecule has 0 spiro atoms. The number of hydrogen-bond donors (Lipinski definition) is 2. The quantitative estimate of drug-likeness (QED) is 0.497. The number of amides is 1. The molecule has 72 valence electrons. The first-order chi connectivity index (χ1) is 6.19. The fourth-order valence-electron chi connectivity index (χ4n) is 1.03. The summed E-state index contributed by atoms with van der Waals surface area (Å²) >= 11 is 0. The number of aryl methyl sites for hydroxylation is 1. The Hall–Kier alpha value is -1.40. The molecular weight excluding hydrogens is 174 g/mol. The van der Waals surface area contributed by atoms with Gasteiger partial charge < -0.3 is 4.74 Å². The van der Waals surface area contributed by atoms with Gasteiger partial charge in [-0.15, -0.1) is 0 Å². The minimum atomic E-state index is -0.821. The number of hydrogen-bond acceptors (Lipinski definition) is 4. The molecule has 0 saturated heterocycles. The highest BCUT2D eigenvalue weighted by atomic mass is 16.5. The second kappa shape index (κ2) is 4.01. The van der Waals surface area contributed by atoms with Crippen molar-refractivity contribution in [2.75, 3.05) is 7.11 Å². The first-order valence-corrected chi connectivity index (χ1v) is 3.64. The third-order valence-corrected chi connectivity index (χ3v) is 1.61. The maximum absolute atomic E-state index is 11.0. The topological polar surface area (TPSA) is 76.4 Å². The van der Waals surface area contributed by atoms with Crippen molar-refractivity contribution in [3.05, 3.63) is 18.0 Å². The van der Waals surface area contributed by atoms with Gasteiger partial charge in [0.2, 0.25) is 0 Å². The molecule has 13 heavy (non-hydrogen) atoms. The van der Waals surface area contributed by atoms with E-state index in [0.29, 0.717) is 5.56 Å². The van der Waals surface area contributed by atoms with Crippen LogP contribution in [0.15, 0.2) is 12.4 Å². The zero-order valence-electron chi connectivity index (χ0n) is 7.39. The Morgan fingerprint density at radius 3 is 2.92 bits per heavy atom. The summed E-state index contributed by atoms with van der Waals surface area (Å²) in [6.07, 6.45) is 2.32. The molecule has 0 aliphatic carbocycles. The molecule has 6 heteroatoms. The number of carbonyl (C=O) groups is 1. The SMILES string of the molecule is COC(C(=O)NO)c1cnn(C)c1. The lowest BCUT2D eigenvalue weighted by Crippen LogP contribution is -2.27. The molecule has 1 aromatic heterocycles. The van der Waals surface area contributed by atoms with Gasteiger partial charge in [0.25, 0.3) is 5.91 Å². The van der Waals surface area contributed by atoms with Crippen molar-refractivity contribution in [3.8, 4) is 0 Å². The van der Waals surface area contributed by atoms with Crippen LogP contribution in [0.1, 0.15) is 11.7 Å². The van der Waals surface area contributed by atoms with Crippen LogP contribution in [0.4, 0.5) is 0 Å². The lowest BCUT2D eigenvalue weighted by Gasteiger charge is -2.09. The van der Waals surface area contributed by atoms with E-state index in [1.807, 2.05) is 0 Å². The average molecular weight is 185 g/mol. The Morgan fingerprint density at radius 1 is 1.85 bits per heavy atom. The van der Waals surface area contributed by atoms with Crippen molar-refractivity contribution in [1.29, 1.82) is 0 Å². The fourth-order valence-corrected chi connectivity index (χ4v) is 1.03. The Morgan fingerprint density at radius 2 is 2.54 bits per heavy atom. The number of hydroxylamine groups is 1.